The van der Waals surface area contributed by atoms with Gasteiger partial charge in [0.05, 0.1) is 10.9 Å². The lowest BCUT2D eigenvalue weighted by molar-refractivity contribution is -0.121. The molecule has 0 saturated heterocycles. The molecule has 0 aromatic heterocycles. The maximum atomic E-state index is 12.0. The Labute approximate surface area is 147 Å². The van der Waals surface area contributed by atoms with Gasteiger partial charge in [0.1, 0.15) is 0 Å². The summed E-state index contributed by atoms with van der Waals surface area (Å²) in [6.07, 6.45) is 0.222. The van der Waals surface area contributed by atoms with Gasteiger partial charge in [0.25, 0.3) is 0 Å². The van der Waals surface area contributed by atoms with E-state index < -0.39 is 10.0 Å². The van der Waals surface area contributed by atoms with Crippen molar-refractivity contribution in [2.45, 2.75) is 30.7 Å². The Morgan fingerprint density at radius 2 is 1.60 bits per heavy atom. The molecule has 0 bridgehead atoms. The van der Waals surface area contributed by atoms with Gasteiger partial charge in [-0.15, -0.1) is 0 Å². The van der Waals surface area contributed by atoms with Crippen LogP contribution < -0.4 is 10.5 Å². The summed E-state index contributed by atoms with van der Waals surface area (Å²) in [6, 6.07) is 14.5. The Morgan fingerprint density at radius 1 is 1.00 bits per heavy atom. The number of sulfonamides is 1. The second-order valence-corrected chi connectivity index (χ2v) is 7.25. The molecule has 132 valence electrons. The highest BCUT2D eigenvalue weighted by molar-refractivity contribution is 7.89. The first kappa shape index (κ1) is 18.8. The van der Waals surface area contributed by atoms with Crippen LogP contribution in [0.3, 0.4) is 0 Å². The molecule has 0 heterocycles. The van der Waals surface area contributed by atoms with Crippen LogP contribution in [0.5, 0.6) is 0 Å². The third-order valence-corrected chi connectivity index (χ3v) is 4.69. The van der Waals surface area contributed by atoms with Crippen LogP contribution in [-0.2, 0) is 14.8 Å². The van der Waals surface area contributed by atoms with Gasteiger partial charge in [0, 0.05) is 18.4 Å². The van der Waals surface area contributed by atoms with Crippen LogP contribution in [0, 0.1) is 0 Å². The van der Waals surface area contributed by atoms with E-state index >= 15 is 0 Å². The van der Waals surface area contributed by atoms with Crippen LogP contribution in [0.2, 0.25) is 0 Å². The van der Waals surface area contributed by atoms with E-state index in [1.807, 2.05) is 6.07 Å². The number of primary sulfonamides is 1. The number of hydrogen-bond donors (Lipinski definition) is 2. The van der Waals surface area contributed by atoms with Gasteiger partial charge in [-0.3, -0.25) is 9.59 Å². The first-order chi connectivity index (χ1) is 11.8. The molecule has 0 fully saturated rings. The number of Topliss-reactive ketones (excluding diaryl/α,β-unsaturated/α-hetero) is 1. The summed E-state index contributed by atoms with van der Waals surface area (Å²) >= 11 is 0. The maximum absolute atomic E-state index is 12.0. The van der Waals surface area contributed by atoms with E-state index in [0.29, 0.717) is 5.56 Å². The van der Waals surface area contributed by atoms with E-state index in [-0.39, 0.29) is 35.5 Å². The SMILES string of the molecule is CC(NC(=O)CCC(=O)c1ccccc1)c1ccc(S(N)(=O)=O)cc1. The van der Waals surface area contributed by atoms with E-state index in [2.05, 4.69) is 5.32 Å². The third kappa shape index (κ3) is 5.51. The number of carbonyl (C=O) groups is 2. The second kappa shape index (κ2) is 8.04. The summed E-state index contributed by atoms with van der Waals surface area (Å²) in [5, 5.41) is 7.84. The number of rotatable bonds is 7. The van der Waals surface area contributed by atoms with Crippen molar-refractivity contribution in [2.24, 2.45) is 5.14 Å². The Bertz CT molecular complexity index is 846. The monoisotopic (exact) mass is 360 g/mol. The molecule has 0 aliphatic heterocycles. The zero-order valence-corrected chi connectivity index (χ0v) is 14.6. The quantitative estimate of drug-likeness (QED) is 0.738. The van der Waals surface area contributed by atoms with Gasteiger partial charge in [0.15, 0.2) is 5.78 Å². The number of ketones is 1. The van der Waals surface area contributed by atoms with E-state index in [0.717, 1.165) is 5.56 Å². The molecule has 3 N–H and O–H groups in total. The van der Waals surface area contributed by atoms with E-state index in [1.165, 1.54) is 12.1 Å². The van der Waals surface area contributed by atoms with Crippen LogP contribution in [0.25, 0.3) is 0 Å². The van der Waals surface area contributed by atoms with Gasteiger partial charge in [-0.25, -0.2) is 13.6 Å². The Hall–Kier alpha value is -2.51. The van der Waals surface area contributed by atoms with Crippen molar-refractivity contribution in [3.8, 4) is 0 Å². The molecule has 0 saturated carbocycles. The molecule has 0 radical (unpaired) electrons. The average molecular weight is 360 g/mol. The largest absolute Gasteiger partial charge is 0.350 e. The minimum atomic E-state index is -3.74. The number of nitrogens with two attached hydrogens (primary N) is 1. The van der Waals surface area contributed by atoms with Crippen LogP contribution in [-0.4, -0.2) is 20.1 Å². The molecule has 1 unspecified atom stereocenters. The summed E-state index contributed by atoms with van der Waals surface area (Å²) in [6.45, 7) is 1.78. The maximum Gasteiger partial charge on any atom is 0.238 e. The van der Waals surface area contributed by atoms with Crippen molar-refractivity contribution in [3.05, 3.63) is 65.7 Å². The topological polar surface area (TPSA) is 106 Å². The van der Waals surface area contributed by atoms with Gasteiger partial charge in [-0.2, -0.15) is 0 Å². The number of amides is 1. The smallest absolute Gasteiger partial charge is 0.238 e. The first-order valence-electron chi connectivity index (χ1n) is 7.78. The lowest BCUT2D eigenvalue weighted by atomic mass is 10.1. The minimum absolute atomic E-state index is 0.0169. The fourth-order valence-electron chi connectivity index (χ4n) is 2.34. The lowest BCUT2D eigenvalue weighted by Crippen LogP contribution is -2.27. The highest BCUT2D eigenvalue weighted by atomic mass is 32.2. The Morgan fingerprint density at radius 3 is 2.16 bits per heavy atom. The molecule has 25 heavy (non-hydrogen) atoms. The molecule has 1 atom stereocenters. The summed E-state index contributed by atoms with van der Waals surface area (Å²) in [4.78, 5) is 24.0. The van der Waals surface area contributed by atoms with Crippen LogP contribution in [0.1, 0.15) is 41.7 Å². The number of nitrogens with one attached hydrogen (secondary N) is 1. The van der Waals surface area contributed by atoms with Gasteiger partial charge < -0.3 is 5.32 Å². The minimum Gasteiger partial charge on any atom is -0.350 e. The molecular weight excluding hydrogens is 340 g/mol. The molecule has 2 rings (SSSR count). The zero-order chi connectivity index (χ0) is 18.4. The van der Waals surface area contributed by atoms with Crippen molar-refractivity contribution >= 4 is 21.7 Å². The molecular formula is C18H20N2O4S. The van der Waals surface area contributed by atoms with E-state index in [4.69, 9.17) is 5.14 Å². The second-order valence-electron chi connectivity index (χ2n) is 5.69. The van der Waals surface area contributed by atoms with Gasteiger partial charge in [-0.1, -0.05) is 42.5 Å². The van der Waals surface area contributed by atoms with Gasteiger partial charge >= 0.3 is 0 Å². The van der Waals surface area contributed by atoms with E-state index in [1.54, 1.807) is 43.3 Å². The van der Waals surface area contributed by atoms with Gasteiger partial charge in [-0.05, 0) is 24.6 Å². The van der Waals surface area contributed by atoms with Gasteiger partial charge in [0.2, 0.25) is 15.9 Å². The first-order valence-corrected chi connectivity index (χ1v) is 9.32. The number of carbonyl (C=O) groups excluding carboxylic acids is 2. The lowest BCUT2D eigenvalue weighted by Gasteiger charge is -2.14. The molecule has 2 aromatic rings. The summed E-state index contributed by atoms with van der Waals surface area (Å²) in [7, 11) is -3.74. The molecule has 1 amide bonds. The number of benzene rings is 2. The third-order valence-electron chi connectivity index (χ3n) is 3.76. The predicted molar refractivity (Wildman–Crippen MR) is 94.4 cm³/mol. The standard InChI is InChI=1S/C18H20N2O4S/c1-13(14-7-9-16(10-8-14)25(19,23)24)20-18(22)12-11-17(21)15-5-3-2-4-6-15/h2-10,13H,11-12H2,1H3,(H,20,22)(H2,19,23,24). The molecule has 0 aliphatic rings. The molecule has 7 heteroatoms. The van der Waals surface area contributed by atoms with E-state index in [9.17, 15) is 18.0 Å². The van der Waals surface area contributed by atoms with Crippen molar-refractivity contribution < 1.29 is 18.0 Å². The zero-order valence-electron chi connectivity index (χ0n) is 13.8. The molecule has 0 aliphatic carbocycles. The highest BCUT2D eigenvalue weighted by Gasteiger charge is 2.13. The van der Waals surface area contributed by atoms with Crippen molar-refractivity contribution in [2.75, 3.05) is 0 Å². The van der Waals surface area contributed by atoms with Crippen molar-refractivity contribution in [1.82, 2.24) is 5.32 Å². The normalized spacial score (nSPS) is 12.4. The summed E-state index contributed by atoms with van der Waals surface area (Å²) in [5.41, 5.74) is 1.33. The Kier molecular flexibility index (Phi) is 6.06. The fourth-order valence-corrected chi connectivity index (χ4v) is 2.85. The summed E-state index contributed by atoms with van der Waals surface area (Å²) in [5.74, 6) is -0.326. The Balaban J connectivity index is 1.88. The fraction of sp³-hybridized carbons (Fsp3) is 0.222. The number of hydrogen-bond acceptors (Lipinski definition) is 4. The van der Waals surface area contributed by atoms with Crippen molar-refractivity contribution in [3.63, 3.8) is 0 Å². The van der Waals surface area contributed by atoms with Crippen LogP contribution in [0.15, 0.2) is 59.5 Å². The molecule has 2 aromatic carbocycles. The summed E-state index contributed by atoms with van der Waals surface area (Å²) < 4.78 is 22.5. The highest BCUT2D eigenvalue weighted by Crippen LogP contribution is 2.16. The van der Waals surface area contributed by atoms with Crippen LogP contribution >= 0.6 is 0 Å². The predicted octanol–water partition coefficient (Wildman–Crippen LogP) is 2.17. The average Bonchev–Trinajstić information content (AvgIpc) is 2.59. The van der Waals surface area contributed by atoms with Crippen LogP contribution in [0.4, 0.5) is 0 Å². The molecule has 6 nitrogen and oxygen atoms in total. The molecule has 0 spiro atoms. The van der Waals surface area contributed by atoms with Crippen molar-refractivity contribution in [1.29, 1.82) is 0 Å².